The van der Waals surface area contributed by atoms with Gasteiger partial charge in [0.2, 0.25) is 0 Å². The largest absolute Gasteiger partial charge is 0.0877 e. The Morgan fingerprint density at radius 3 is 1.04 bits per heavy atom. The van der Waals surface area contributed by atoms with Gasteiger partial charge in [0.05, 0.1) is 0 Å². The van der Waals surface area contributed by atoms with Crippen molar-refractivity contribution < 1.29 is 0 Å². The van der Waals surface area contributed by atoms with Crippen molar-refractivity contribution in [2.45, 2.75) is 155 Å². The molecule has 0 N–H and O–H groups in total. The lowest BCUT2D eigenvalue weighted by Crippen LogP contribution is -2.01. The van der Waals surface area contributed by atoms with E-state index in [2.05, 4.69) is 19.1 Å². The summed E-state index contributed by atoms with van der Waals surface area (Å²) >= 11 is 0. The summed E-state index contributed by atoms with van der Waals surface area (Å²) in [6.45, 7) is 2.30. The van der Waals surface area contributed by atoms with Gasteiger partial charge in [0.25, 0.3) is 0 Å². The van der Waals surface area contributed by atoms with Gasteiger partial charge in [-0.1, -0.05) is 154 Å². The third kappa shape index (κ3) is 17.6. The highest BCUT2D eigenvalue weighted by Gasteiger charge is 2.08. The fourth-order valence-corrected chi connectivity index (χ4v) is 4.38. The highest BCUT2D eigenvalue weighted by Crippen LogP contribution is 2.23. The van der Waals surface area contributed by atoms with Crippen LogP contribution in [0.2, 0.25) is 0 Å². The molecule has 1 aliphatic rings. The van der Waals surface area contributed by atoms with Crippen molar-refractivity contribution in [2.24, 2.45) is 5.92 Å². The molecule has 1 atom stereocenters. The van der Waals surface area contributed by atoms with Crippen molar-refractivity contribution >= 4 is 0 Å². The second kappa shape index (κ2) is 20.5. The van der Waals surface area contributed by atoms with Gasteiger partial charge in [-0.25, -0.2) is 0 Å². The van der Waals surface area contributed by atoms with E-state index in [1.165, 1.54) is 148 Å². The summed E-state index contributed by atoms with van der Waals surface area (Å²) in [6, 6.07) is 0. The Kier molecular flexibility index (Phi) is 18.8. The van der Waals surface area contributed by atoms with E-state index in [0.717, 1.165) is 5.92 Å². The Morgan fingerprint density at radius 1 is 0.481 bits per heavy atom. The summed E-state index contributed by atoms with van der Waals surface area (Å²) in [4.78, 5) is 0. The molecule has 0 heterocycles. The summed E-state index contributed by atoms with van der Waals surface area (Å²) in [5.41, 5.74) is 0. The minimum Gasteiger partial charge on any atom is -0.0877 e. The van der Waals surface area contributed by atoms with Crippen molar-refractivity contribution in [3.8, 4) is 0 Å². The summed E-state index contributed by atoms with van der Waals surface area (Å²) in [6.07, 6.45) is 38.6. The molecule has 0 heteroatoms. The first-order chi connectivity index (χ1) is 13.4. The van der Waals surface area contributed by atoms with Crippen LogP contribution in [0.5, 0.6) is 0 Å². The highest BCUT2D eigenvalue weighted by molar-refractivity contribution is 5.01. The maximum atomic E-state index is 2.40. The van der Waals surface area contributed by atoms with E-state index in [1.54, 1.807) is 0 Å². The normalized spacial score (nSPS) is 16.0. The van der Waals surface area contributed by atoms with Crippen molar-refractivity contribution in [2.75, 3.05) is 0 Å². The van der Waals surface area contributed by atoms with Crippen LogP contribution in [-0.4, -0.2) is 0 Å². The van der Waals surface area contributed by atoms with E-state index in [0.29, 0.717) is 0 Å². The molecule has 0 saturated carbocycles. The zero-order valence-electron chi connectivity index (χ0n) is 19.0. The summed E-state index contributed by atoms with van der Waals surface area (Å²) in [7, 11) is 0. The molecular formula is C27H52. The topological polar surface area (TPSA) is 0 Å². The zero-order chi connectivity index (χ0) is 19.3. The first-order valence-electron chi connectivity index (χ1n) is 13.1. The molecule has 1 rings (SSSR count). The van der Waals surface area contributed by atoms with Crippen molar-refractivity contribution in [1.29, 1.82) is 0 Å². The molecule has 0 aromatic rings. The third-order valence-corrected chi connectivity index (χ3v) is 6.53. The highest BCUT2D eigenvalue weighted by atomic mass is 14.1. The zero-order valence-corrected chi connectivity index (χ0v) is 19.0. The van der Waals surface area contributed by atoms with E-state index < -0.39 is 0 Å². The Bertz CT molecular complexity index is 303. The van der Waals surface area contributed by atoms with Gasteiger partial charge in [-0.3, -0.25) is 0 Å². The SMILES string of the molecule is CCCCCCCCCCCCCCCCCCCCCCCC1C=CC1. The van der Waals surface area contributed by atoms with Gasteiger partial charge < -0.3 is 0 Å². The van der Waals surface area contributed by atoms with E-state index >= 15 is 0 Å². The molecule has 0 amide bonds. The lowest BCUT2D eigenvalue weighted by molar-refractivity contribution is 0.491. The molecular weight excluding hydrogens is 324 g/mol. The van der Waals surface area contributed by atoms with Gasteiger partial charge in [0, 0.05) is 0 Å². The molecule has 0 fully saturated rings. The molecule has 0 saturated heterocycles. The number of unbranched alkanes of at least 4 members (excludes halogenated alkanes) is 20. The van der Waals surface area contributed by atoms with Crippen molar-refractivity contribution in [3.05, 3.63) is 12.2 Å². The maximum absolute atomic E-state index is 2.40. The van der Waals surface area contributed by atoms with E-state index in [9.17, 15) is 0 Å². The molecule has 0 aromatic carbocycles. The fraction of sp³-hybridized carbons (Fsp3) is 0.926. The molecule has 160 valence electrons. The minimum atomic E-state index is 0.949. The van der Waals surface area contributed by atoms with Gasteiger partial charge in [0.1, 0.15) is 0 Å². The lowest BCUT2D eigenvalue weighted by atomic mass is 9.89. The van der Waals surface area contributed by atoms with Crippen LogP contribution >= 0.6 is 0 Å². The molecule has 0 aromatic heterocycles. The first-order valence-corrected chi connectivity index (χ1v) is 13.1. The van der Waals surface area contributed by atoms with Crippen LogP contribution in [0.3, 0.4) is 0 Å². The third-order valence-electron chi connectivity index (χ3n) is 6.53. The Balaban J connectivity index is 1.60. The van der Waals surface area contributed by atoms with Crippen LogP contribution in [0, 0.1) is 5.92 Å². The molecule has 0 nitrogen and oxygen atoms in total. The maximum Gasteiger partial charge on any atom is -0.0199 e. The predicted molar refractivity (Wildman–Crippen MR) is 124 cm³/mol. The number of rotatable bonds is 22. The fourth-order valence-electron chi connectivity index (χ4n) is 4.38. The van der Waals surface area contributed by atoms with E-state index in [4.69, 9.17) is 0 Å². The van der Waals surface area contributed by atoms with Crippen LogP contribution in [0.1, 0.15) is 155 Å². The smallest absolute Gasteiger partial charge is 0.0199 e. The van der Waals surface area contributed by atoms with Crippen molar-refractivity contribution in [1.82, 2.24) is 0 Å². The van der Waals surface area contributed by atoms with Gasteiger partial charge in [0.15, 0.2) is 0 Å². The number of allylic oxidation sites excluding steroid dienone is 2. The summed E-state index contributed by atoms with van der Waals surface area (Å²) in [5, 5.41) is 0. The van der Waals surface area contributed by atoms with Gasteiger partial charge in [-0.05, 0) is 18.8 Å². The molecule has 0 bridgehead atoms. The summed E-state index contributed by atoms with van der Waals surface area (Å²) in [5.74, 6) is 0.949. The average molecular weight is 377 g/mol. The second-order valence-corrected chi connectivity index (χ2v) is 9.28. The van der Waals surface area contributed by atoms with Crippen molar-refractivity contribution in [3.63, 3.8) is 0 Å². The van der Waals surface area contributed by atoms with Gasteiger partial charge in [-0.15, -0.1) is 0 Å². The molecule has 0 spiro atoms. The lowest BCUT2D eigenvalue weighted by Gasteiger charge is -2.16. The first kappa shape index (κ1) is 24.8. The van der Waals surface area contributed by atoms with Crippen LogP contribution in [0.4, 0.5) is 0 Å². The Morgan fingerprint density at radius 2 is 0.778 bits per heavy atom. The average Bonchev–Trinajstić information content (AvgIpc) is 2.64. The van der Waals surface area contributed by atoms with E-state index in [1.807, 2.05) is 0 Å². The Labute approximate surface area is 173 Å². The van der Waals surface area contributed by atoms with Crippen LogP contribution < -0.4 is 0 Å². The van der Waals surface area contributed by atoms with Crippen LogP contribution in [-0.2, 0) is 0 Å². The Hall–Kier alpha value is -0.260. The standard InChI is InChI=1S/C27H52/c1-2-3-4-5-6-7-8-9-10-11-12-13-14-15-16-17-18-19-20-21-22-24-27-25-23-26-27/h23,25,27H,2-22,24,26H2,1H3. The molecule has 0 radical (unpaired) electrons. The summed E-state index contributed by atoms with van der Waals surface area (Å²) < 4.78 is 0. The van der Waals surface area contributed by atoms with Crippen LogP contribution in [0.25, 0.3) is 0 Å². The quantitative estimate of drug-likeness (QED) is 0.130. The molecule has 1 unspecified atom stereocenters. The molecule has 0 aliphatic heterocycles. The predicted octanol–water partition coefficient (Wildman–Crippen LogP) is 10.2. The monoisotopic (exact) mass is 376 g/mol. The minimum absolute atomic E-state index is 0.949. The van der Waals surface area contributed by atoms with Gasteiger partial charge >= 0.3 is 0 Å². The number of hydrogen-bond donors (Lipinski definition) is 0. The van der Waals surface area contributed by atoms with Gasteiger partial charge in [-0.2, -0.15) is 0 Å². The van der Waals surface area contributed by atoms with E-state index in [-0.39, 0.29) is 0 Å². The second-order valence-electron chi connectivity index (χ2n) is 9.28. The number of hydrogen-bond acceptors (Lipinski definition) is 0. The molecule has 27 heavy (non-hydrogen) atoms. The van der Waals surface area contributed by atoms with Crippen LogP contribution in [0.15, 0.2) is 12.2 Å². The molecule has 1 aliphatic carbocycles.